The molecule has 1 fully saturated rings. The molecule has 4 nitrogen and oxygen atoms in total. The average Bonchev–Trinajstić information content (AvgIpc) is 3.08. The Morgan fingerprint density at radius 2 is 2.06 bits per heavy atom. The Bertz CT molecular complexity index is 533. The second-order valence-electron chi connectivity index (χ2n) is 4.62. The summed E-state index contributed by atoms with van der Waals surface area (Å²) in [5, 5.41) is 0. The average molecular weight is 255 g/mol. The fourth-order valence-corrected chi connectivity index (χ4v) is 3.12. The largest absolute Gasteiger partial charge is 0.497 e. The summed E-state index contributed by atoms with van der Waals surface area (Å²) in [5.41, 5.74) is 6.46. The van der Waals surface area contributed by atoms with Gasteiger partial charge in [-0.05, 0) is 30.5 Å². The first-order chi connectivity index (χ1) is 7.93. The first-order valence-electron chi connectivity index (χ1n) is 5.52. The summed E-state index contributed by atoms with van der Waals surface area (Å²) in [5.74, 6) is 0.557. The summed E-state index contributed by atoms with van der Waals surface area (Å²) >= 11 is 0. The van der Waals surface area contributed by atoms with E-state index in [1.165, 1.54) is 13.4 Å². The Hall–Kier alpha value is -1.07. The van der Waals surface area contributed by atoms with Crippen LogP contribution in [0.4, 0.5) is 0 Å². The van der Waals surface area contributed by atoms with Crippen molar-refractivity contribution < 1.29 is 13.2 Å². The highest BCUT2D eigenvalue weighted by atomic mass is 32.2. The summed E-state index contributed by atoms with van der Waals surface area (Å²) in [4.78, 5) is 0.347. The summed E-state index contributed by atoms with van der Waals surface area (Å²) in [6.07, 6.45) is 3.13. The van der Waals surface area contributed by atoms with Gasteiger partial charge < -0.3 is 10.5 Å². The molecule has 0 unspecified atom stereocenters. The van der Waals surface area contributed by atoms with Gasteiger partial charge in [-0.3, -0.25) is 0 Å². The molecule has 2 N–H and O–H groups in total. The quantitative estimate of drug-likeness (QED) is 0.874. The zero-order valence-corrected chi connectivity index (χ0v) is 10.9. The van der Waals surface area contributed by atoms with Crippen LogP contribution in [-0.4, -0.2) is 28.3 Å². The molecule has 1 saturated carbocycles. The van der Waals surface area contributed by atoms with E-state index in [0.29, 0.717) is 17.2 Å². The van der Waals surface area contributed by atoms with E-state index in [2.05, 4.69) is 0 Å². The fraction of sp³-hybridized carbons (Fsp3) is 0.500. The minimum absolute atomic E-state index is 0.134. The van der Waals surface area contributed by atoms with Gasteiger partial charge in [-0.15, -0.1) is 0 Å². The normalized spacial score (nSPS) is 17.8. The molecule has 2 rings (SSSR count). The third-order valence-corrected chi connectivity index (χ3v) is 4.54. The van der Waals surface area contributed by atoms with Crippen LogP contribution >= 0.6 is 0 Å². The van der Waals surface area contributed by atoms with Gasteiger partial charge in [0.2, 0.25) is 0 Å². The minimum Gasteiger partial charge on any atom is -0.497 e. The Morgan fingerprint density at radius 1 is 1.41 bits per heavy atom. The van der Waals surface area contributed by atoms with Crippen LogP contribution in [0.15, 0.2) is 23.1 Å². The first-order valence-corrected chi connectivity index (χ1v) is 7.41. The highest BCUT2D eigenvalue weighted by molar-refractivity contribution is 7.90. The molecule has 1 aromatic carbocycles. The molecule has 1 aliphatic carbocycles. The minimum atomic E-state index is -3.25. The van der Waals surface area contributed by atoms with Gasteiger partial charge in [0.25, 0.3) is 0 Å². The number of hydrogen-bond donors (Lipinski definition) is 1. The second kappa shape index (κ2) is 3.99. The molecule has 17 heavy (non-hydrogen) atoms. The van der Waals surface area contributed by atoms with Crippen LogP contribution in [0.25, 0.3) is 0 Å². The molecule has 0 saturated heterocycles. The summed E-state index contributed by atoms with van der Waals surface area (Å²) < 4.78 is 28.7. The van der Waals surface area contributed by atoms with E-state index in [4.69, 9.17) is 10.5 Å². The lowest BCUT2D eigenvalue weighted by molar-refractivity contribution is 0.412. The highest BCUT2D eigenvalue weighted by Gasteiger charge is 2.45. The molecule has 1 aliphatic rings. The lowest BCUT2D eigenvalue weighted by Gasteiger charge is -2.17. The molecular weight excluding hydrogens is 238 g/mol. The van der Waals surface area contributed by atoms with Crippen LogP contribution < -0.4 is 10.5 Å². The van der Waals surface area contributed by atoms with Crippen LogP contribution in [0, 0.1) is 0 Å². The number of rotatable bonds is 4. The number of hydrogen-bond acceptors (Lipinski definition) is 4. The standard InChI is InChI=1S/C12H17NO3S/c1-16-9-3-4-10(12(8-13)5-6-12)11(7-9)17(2,14)15/h3-4,7H,5-6,8,13H2,1-2H3. The van der Waals surface area contributed by atoms with Gasteiger partial charge in [-0.2, -0.15) is 0 Å². The summed E-state index contributed by atoms with van der Waals surface area (Å²) in [7, 11) is -1.73. The van der Waals surface area contributed by atoms with E-state index in [1.54, 1.807) is 12.1 Å². The van der Waals surface area contributed by atoms with E-state index < -0.39 is 9.84 Å². The summed E-state index contributed by atoms with van der Waals surface area (Å²) in [6, 6.07) is 5.20. The highest BCUT2D eigenvalue weighted by Crippen LogP contribution is 2.49. The van der Waals surface area contributed by atoms with Gasteiger partial charge in [-0.25, -0.2) is 8.42 Å². The number of nitrogens with two attached hydrogens (primary N) is 1. The Kier molecular flexibility index (Phi) is 2.91. The maximum absolute atomic E-state index is 11.8. The molecule has 0 atom stereocenters. The molecule has 0 heterocycles. The maximum Gasteiger partial charge on any atom is 0.175 e. The van der Waals surface area contributed by atoms with E-state index in [0.717, 1.165) is 18.4 Å². The molecule has 0 bridgehead atoms. The zero-order chi connectivity index (χ0) is 12.7. The zero-order valence-electron chi connectivity index (χ0n) is 10.1. The van der Waals surface area contributed by atoms with E-state index >= 15 is 0 Å². The van der Waals surface area contributed by atoms with Crippen molar-refractivity contribution in [1.82, 2.24) is 0 Å². The number of sulfone groups is 1. The van der Waals surface area contributed by atoms with Gasteiger partial charge >= 0.3 is 0 Å². The molecular formula is C12H17NO3S. The van der Waals surface area contributed by atoms with E-state index in [9.17, 15) is 8.42 Å². The van der Waals surface area contributed by atoms with E-state index in [1.807, 2.05) is 6.07 Å². The van der Waals surface area contributed by atoms with Crippen molar-refractivity contribution >= 4 is 9.84 Å². The van der Waals surface area contributed by atoms with Crippen molar-refractivity contribution in [3.05, 3.63) is 23.8 Å². The molecule has 0 aromatic heterocycles. The van der Waals surface area contributed by atoms with Crippen molar-refractivity contribution in [3.8, 4) is 5.75 Å². The van der Waals surface area contributed by atoms with Crippen molar-refractivity contribution in [2.45, 2.75) is 23.2 Å². The van der Waals surface area contributed by atoms with Crippen LogP contribution in [0.3, 0.4) is 0 Å². The third-order valence-electron chi connectivity index (χ3n) is 3.40. The van der Waals surface area contributed by atoms with Crippen molar-refractivity contribution in [2.75, 3.05) is 19.9 Å². The molecule has 0 spiro atoms. The smallest absolute Gasteiger partial charge is 0.175 e. The Morgan fingerprint density at radius 3 is 2.47 bits per heavy atom. The molecule has 5 heteroatoms. The van der Waals surface area contributed by atoms with Gasteiger partial charge in [0, 0.05) is 18.2 Å². The third kappa shape index (κ3) is 2.17. The number of ether oxygens (including phenoxy) is 1. The predicted molar refractivity (Wildman–Crippen MR) is 66.1 cm³/mol. The molecule has 0 amide bonds. The van der Waals surface area contributed by atoms with Gasteiger partial charge in [0.1, 0.15) is 5.75 Å². The molecule has 1 aromatic rings. The monoisotopic (exact) mass is 255 g/mol. The van der Waals surface area contributed by atoms with E-state index in [-0.39, 0.29) is 5.41 Å². The molecule has 0 aliphatic heterocycles. The van der Waals surface area contributed by atoms with Gasteiger partial charge in [-0.1, -0.05) is 6.07 Å². The van der Waals surface area contributed by atoms with Crippen LogP contribution in [0.5, 0.6) is 5.75 Å². The molecule has 0 radical (unpaired) electrons. The predicted octanol–water partition coefficient (Wildman–Crippen LogP) is 1.09. The van der Waals surface area contributed by atoms with Crippen molar-refractivity contribution in [1.29, 1.82) is 0 Å². The first kappa shape index (κ1) is 12.4. The Balaban J connectivity index is 2.60. The number of benzene rings is 1. The van der Waals surface area contributed by atoms with Gasteiger partial charge in [0.05, 0.1) is 12.0 Å². The molecule has 94 valence electrons. The summed E-state index contributed by atoms with van der Waals surface area (Å²) in [6.45, 7) is 0.488. The van der Waals surface area contributed by atoms with Crippen LogP contribution in [0.2, 0.25) is 0 Å². The second-order valence-corrected chi connectivity index (χ2v) is 6.60. The van der Waals surface area contributed by atoms with Crippen molar-refractivity contribution in [2.24, 2.45) is 5.73 Å². The maximum atomic E-state index is 11.8. The topological polar surface area (TPSA) is 69.4 Å². The number of methoxy groups -OCH3 is 1. The fourth-order valence-electron chi connectivity index (χ4n) is 2.11. The lowest BCUT2D eigenvalue weighted by Crippen LogP contribution is -2.22. The van der Waals surface area contributed by atoms with Crippen LogP contribution in [0.1, 0.15) is 18.4 Å². The van der Waals surface area contributed by atoms with Crippen LogP contribution in [-0.2, 0) is 15.3 Å². The van der Waals surface area contributed by atoms with Gasteiger partial charge in [0.15, 0.2) is 9.84 Å². The van der Waals surface area contributed by atoms with Crippen molar-refractivity contribution in [3.63, 3.8) is 0 Å². The lowest BCUT2D eigenvalue weighted by atomic mass is 9.96. The SMILES string of the molecule is COc1ccc(C2(CN)CC2)c(S(C)(=O)=O)c1. The Labute approximate surface area is 102 Å².